The van der Waals surface area contributed by atoms with Gasteiger partial charge in [-0.05, 0) is 67.6 Å². The van der Waals surface area contributed by atoms with Crippen molar-refractivity contribution in [1.82, 2.24) is 4.72 Å². The van der Waals surface area contributed by atoms with Gasteiger partial charge in [0.25, 0.3) is 5.76 Å². The Hall–Kier alpha value is -1.49. The Morgan fingerprint density at radius 3 is 2.48 bits per heavy atom. The highest BCUT2D eigenvalue weighted by Crippen LogP contribution is 2.56. The molecule has 11 heteroatoms. The maximum atomic E-state index is 15.1. The second-order valence-corrected chi connectivity index (χ2v) is 11.0. The molecule has 31 heavy (non-hydrogen) atoms. The minimum atomic E-state index is -4.24. The molecule has 0 bridgehead atoms. The zero-order valence-electron chi connectivity index (χ0n) is 16.0. The van der Waals surface area contributed by atoms with Crippen LogP contribution in [0.4, 0.5) is 17.6 Å². The fourth-order valence-corrected chi connectivity index (χ4v) is 7.59. The van der Waals surface area contributed by atoms with E-state index in [1.165, 1.54) is 24.3 Å². The van der Waals surface area contributed by atoms with Gasteiger partial charge in [-0.15, -0.1) is 0 Å². The van der Waals surface area contributed by atoms with E-state index < -0.39 is 49.7 Å². The molecule has 168 valence electrons. The second kappa shape index (κ2) is 8.46. The van der Waals surface area contributed by atoms with E-state index in [0.29, 0.717) is 5.02 Å². The van der Waals surface area contributed by atoms with Crippen LogP contribution in [-0.2, 0) is 14.6 Å². The lowest BCUT2D eigenvalue weighted by Gasteiger charge is -2.49. The molecule has 0 aromatic heterocycles. The first-order chi connectivity index (χ1) is 14.7. The van der Waals surface area contributed by atoms with Crippen molar-refractivity contribution in [2.24, 2.45) is 5.92 Å². The number of sulfone groups is 1. The number of benzene rings is 2. The molecule has 0 radical (unpaired) electrons. The van der Waals surface area contributed by atoms with Crippen LogP contribution in [0.5, 0.6) is 5.75 Å². The number of hydrogen-bond acceptors (Lipinski definition) is 5. The molecule has 2 aromatic carbocycles. The largest absolute Gasteiger partial charge is 0.490 e. The summed E-state index contributed by atoms with van der Waals surface area (Å²) >= 11 is 6.14. The van der Waals surface area contributed by atoms with E-state index in [1.54, 1.807) is 0 Å². The van der Waals surface area contributed by atoms with Gasteiger partial charge >= 0.3 is 0 Å². The van der Waals surface area contributed by atoms with E-state index in [1.807, 2.05) is 0 Å². The maximum Gasteiger partial charge on any atom is 0.297 e. The summed E-state index contributed by atoms with van der Waals surface area (Å²) in [7, 11) is -4.24. The molecule has 2 aliphatic rings. The lowest BCUT2D eigenvalue weighted by Crippen LogP contribution is -2.54. The van der Waals surface area contributed by atoms with Gasteiger partial charge in [-0.2, -0.15) is 8.78 Å². The number of rotatable bonds is 5. The van der Waals surface area contributed by atoms with Crippen LogP contribution in [0, 0.1) is 17.6 Å². The van der Waals surface area contributed by atoms with Gasteiger partial charge < -0.3 is 4.74 Å². The second-order valence-electron chi connectivity index (χ2n) is 7.56. The van der Waals surface area contributed by atoms with Crippen LogP contribution in [0.2, 0.25) is 5.02 Å². The van der Waals surface area contributed by atoms with Crippen LogP contribution in [0.3, 0.4) is 0 Å². The molecule has 1 aliphatic carbocycles. The monoisotopic (exact) mass is 495 g/mol. The van der Waals surface area contributed by atoms with Crippen LogP contribution < -0.4 is 9.46 Å². The predicted octanol–water partition coefficient (Wildman–Crippen LogP) is 5.31. The van der Waals surface area contributed by atoms with Gasteiger partial charge in [0.1, 0.15) is 10.6 Å². The lowest BCUT2D eigenvalue weighted by atomic mass is 9.71. The molecule has 1 N–H and O–H groups in total. The van der Waals surface area contributed by atoms with Gasteiger partial charge in [-0.3, -0.25) is 4.72 Å². The number of ether oxygens (including phenoxy) is 1. The first kappa shape index (κ1) is 22.7. The predicted molar refractivity (Wildman–Crippen MR) is 110 cm³/mol. The molecule has 0 unspecified atom stereocenters. The zero-order valence-corrected chi connectivity index (χ0v) is 18.3. The number of fused-ring (bicyclic) bond motifs is 3. The smallest absolute Gasteiger partial charge is 0.297 e. The summed E-state index contributed by atoms with van der Waals surface area (Å²) in [6.45, 7) is -0.183. The van der Waals surface area contributed by atoms with Gasteiger partial charge in [-0.1, -0.05) is 11.6 Å². The molecular weight excluding hydrogens is 478 g/mol. The maximum absolute atomic E-state index is 15.1. The molecule has 1 aliphatic heterocycles. The Morgan fingerprint density at radius 1 is 1.13 bits per heavy atom. The fraction of sp³-hybridized carbons (Fsp3) is 0.400. The molecular formula is C20H18ClF4NO3S2. The summed E-state index contributed by atoms with van der Waals surface area (Å²) < 4.78 is 89.0. The number of hydrogen-bond donors (Lipinski definition) is 1. The van der Waals surface area contributed by atoms with Crippen molar-refractivity contribution in [2.75, 3.05) is 6.61 Å². The van der Waals surface area contributed by atoms with Crippen molar-refractivity contribution in [3.8, 4) is 5.75 Å². The fourth-order valence-electron chi connectivity index (χ4n) is 4.60. The van der Waals surface area contributed by atoms with Gasteiger partial charge in [0.2, 0.25) is 0 Å². The summed E-state index contributed by atoms with van der Waals surface area (Å²) in [6, 6.07) is 6.82. The van der Waals surface area contributed by atoms with Crippen molar-refractivity contribution in [2.45, 2.75) is 40.7 Å². The van der Waals surface area contributed by atoms with Crippen molar-refractivity contribution >= 4 is 33.4 Å². The van der Waals surface area contributed by atoms with Crippen LogP contribution >= 0.6 is 23.5 Å². The zero-order chi connectivity index (χ0) is 22.4. The number of alkyl halides is 2. The third-order valence-electron chi connectivity index (χ3n) is 5.93. The average Bonchev–Trinajstić information content (AvgIpc) is 2.74. The van der Waals surface area contributed by atoms with E-state index >= 15 is 4.39 Å². The summed E-state index contributed by atoms with van der Waals surface area (Å²) in [6.07, 6.45) is 0.237. The van der Waals surface area contributed by atoms with Crippen molar-refractivity contribution in [3.05, 3.63) is 58.6 Å². The van der Waals surface area contributed by atoms with Crippen LogP contribution in [0.1, 0.15) is 24.8 Å². The Morgan fingerprint density at radius 2 is 1.81 bits per heavy atom. The summed E-state index contributed by atoms with van der Waals surface area (Å²) in [5.74, 6) is -5.57. The molecule has 0 saturated heterocycles. The molecule has 4 nitrogen and oxygen atoms in total. The van der Waals surface area contributed by atoms with Crippen molar-refractivity contribution < 1.29 is 30.7 Å². The van der Waals surface area contributed by atoms with Crippen LogP contribution in [0.25, 0.3) is 0 Å². The normalized spacial score (nSPS) is 25.6. The SMILES string of the molecule is O=S(=O)(c1ccc(Cl)cc1)[C@@]12CC[C@@H](NSC(F)F)C[C@@H]1COc1c(F)ccc(F)c12. The Bertz CT molecular complexity index is 1080. The quantitative estimate of drug-likeness (QED) is 0.450. The third kappa shape index (κ3) is 3.81. The van der Waals surface area contributed by atoms with Gasteiger partial charge in [0.15, 0.2) is 21.4 Å². The Balaban J connectivity index is 1.86. The van der Waals surface area contributed by atoms with E-state index in [0.717, 1.165) is 12.1 Å². The molecule has 1 fully saturated rings. The van der Waals surface area contributed by atoms with E-state index in [4.69, 9.17) is 16.3 Å². The number of halogens is 5. The summed E-state index contributed by atoms with van der Waals surface area (Å²) in [5, 5.41) is 0.328. The molecule has 0 spiro atoms. The van der Waals surface area contributed by atoms with Gasteiger partial charge in [0, 0.05) is 17.0 Å². The molecule has 2 aromatic rings. The van der Waals surface area contributed by atoms with Crippen LogP contribution in [0.15, 0.2) is 41.3 Å². The number of nitrogens with one attached hydrogen (secondary N) is 1. The molecule has 3 atom stereocenters. The first-order valence-electron chi connectivity index (χ1n) is 9.47. The summed E-state index contributed by atoms with van der Waals surface area (Å²) in [4.78, 5) is -0.0771. The lowest BCUT2D eigenvalue weighted by molar-refractivity contribution is 0.113. The highest BCUT2D eigenvalue weighted by Gasteiger charge is 2.59. The van der Waals surface area contributed by atoms with E-state index in [-0.39, 0.29) is 48.3 Å². The summed E-state index contributed by atoms with van der Waals surface area (Å²) in [5.41, 5.74) is -0.335. The Kier molecular flexibility index (Phi) is 6.19. The minimum absolute atomic E-state index is 0.0771. The van der Waals surface area contributed by atoms with E-state index in [2.05, 4.69) is 4.72 Å². The van der Waals surface area contributed by atoms with Gasteiger partial charge in [0.05, 0.1) is 17.1 Å². The molecule has 1 heterocycles. The van der Waals surface area contributed by atoms with Gasteiger partial charge in [-0.25, -0.2) is 17.2 Å². The Labute approximate surface area is 186 Å². The van der Waals surface area contributed by atoms with Crippen LogP contribution in [-0.4, -0.2) is 26.8 Å². The van der Waals surface area contributed by atoms with Crippen molar-refractivity contribution in [1.29, 1.82) is 0 Å². The standard InChI is InChI=1S/C20H18ClF4NO3S2/c21-12-1-3-14(4-2-12)31(27,28)20-8-7-13(26-30-19(24)25)9-11(20)10-29-18-16(23)6-5-15(22)17(18)20/h1-6,11,13,19,26H,7-10H2/t11-,13-,20+/m1/s1. The molecule has 0 amide bonds. The highest BCUT2D eigenvalue weighted by molar-refractivity contribution is 7.97. The molecule has 4 rings (SSSR count). The first-order valence-corrected chi connectivity index (χ1v) is 12.2. The third-order valence-corrected chi connectivity index (χ3v) is 9.42. The average molecular weight is 496 g/mol. The van der Waals surface area contributed by atoms with E-state index in [9.17, 15) is 21.6 Å². The van der Waals surface area contributed by atoms with Crippen molar-refractivity contribution in [3.63, 3.8) is 0 Å². The topological polar surface area (TPSA) is 55.4 Å². The minimum Gasteiger partial charge on any atom is -0.490 e. The highest BCUT2D eigenvalue weighted by atomic mass is 35.5. The molecule has 1 saturated carbocycles.